The molecule has 3 aliphatic rings. The van der Waals surface area contributed by atoms with E-state index in [0.29, 0.717) is 13.2 Å². The average Bonchev–Trinajstić information content (AvgIpc) is 3.22. The molecule has 29 heavy (non-hydrogen) atoms. The molecule has 0 aromatic heterocycles. The van der Waals surface area contributed by atoms with Crippen LogP contribution < -0.4 is 4.90 Å². The normalized spacial score (nSPS) is 22.2. The Kier molecular flexibility index (Phi) is 5.26. The molecular formula is C23H28FN3O2. The van der Waals surface area contributed by atoms with Gasteiger partial charge in [-0.1, -0.05) is 24.3 Å². The second-order valence-corrected chi connectivity index (χ2v) is 8.12. The minimum Gasteiger partial charge on any atom is -0.369 e. The molecule has 0 aliphatic carbocycles. The third-order valence-electron chi connectivity index (χ3n) is 6.30. The summed E-state index contributed by atoms with van der Waals surface area (Å²) < 4.78 is 25.3. The van der Waals surface area contributed by atoms with Gasteiger partial charge in [-0.2, -0.15) is 0 Å². The number of halogens is 1. The summed E-state index contributed by atoms with van der Waals surface area (Å²) in [5, 5.41) is 0. The van der Waals surface area contributed by atoms with Crippen LogP contribution in [0.3, 0.4) is 0 Å². The van der Waals surface area contributed by atoms with Crippen molar-refractivity contribution in [2.75, 3.05) is 63.9 Å². The number of piperazine rings is 1. The van der Waals surface area contributed by atoms with Gasteiger partial charge in [0.25, 0.3) is 0 Å². The van der Waals surface area contributed by atoms with E-state index in [-0.39, 0.29) is 5.82 Å². The van der Waals surface area contributed by atoms with Gasteiger partial charge in [0.1, 0.15) is 5.82 Å². The second-order valence-electron chi connectivity index (χ2n) is 8.12. The van der Waals surface area contributed by atoms with Gasteiger partial charge in [0, 0.05) is 57.1 Å². The maximum absolute atomic E-state index is 13.1. The quantitative estimate of drug-likeness (QED) is 0.791. The first-order valence-corrected chi connectivity index (χ1v) is 10.5. The maximum atomic E-state index is 13.1. The summed E-state index contributed by atoms with van der Waals surface area (Å²) in [6.07, 6.45) is 0. The van der Waals surface area contributed by atoms with E-state index in [1.807, 2.05) is 12.1 Å². The van der Waals surface area contributed by atoms with E-state index < -0.39 is 5.79 Å². The standard InChI is InChI=1S/C23H28FN3O2/c24-20-5-7-21(8-6-20)27-13-11-25(12-14-27)9-10-26-17-19-3-1-2-4-22(19)23(18-26)28-15-16-29-23/h1-8H,9-18H2. The van der Waals surface area contributed by atoms with E-state index in [4.69, 9.17) is 9.47 Å². The van der Waals surface area contributed by atoms with Gasteiger partial charge in [0.05, 0.1) is 19.8 Å². The minimum atomic E-state index is -0.587. The van der Waals surface area contributed by atoms with Crippen LogP contribution in [0.15, 0.2) is 48.5 Å². The highest BCUT2D eigenvalue weighted by atomic mass is 19.1. The smallest absolute Gasteiger partial charge is 0.208 e. The van der Waals surface area contributed by atoms with E-state index in [1.54, 1.807) is 12.1 Å². The maximum Gasteiger partial charge on any atom is 0.208 e. The Bertz CT molecular complexity index is 830. The molecule has 6 heteroatoms. The molecule has 3 heterocycles. The van der Waals surface area contributed by atoms with Crippen molar-refractivity contribution in [2.24, 2.45) is 0 Å². The minimum absolute atomic E-state index is 0.177. The number of rotatable bonds is 4. The van der Waals surface area contributed by atoms with E-state index in [0.717, 1.165) is 58.0 Å². The molecule has 5 nitrogen and oxygen atoms in total. The topological polar surface area (TPSA) is 28.2 Å². The Balaban J connectivity index is 1.17. The first-order valence-electron chi connectivity index (χ1n) is 10.5. The molecule has 3 aliphatic heterocycles. The summed E-state index contributed by atoms with van der Waals surface area (Å²) in [7, 11) is 0. The van der Waals surface area contributed by atoms with Crippen LogP contribution >= 0.6 is 0 Å². The number of ether oxygens (including phenoxy) is 2. The van der Waals surface area contributed by atoms with Gasteiger partial charge in [0.15, 0.2) is 0 Å². The van der Waals surface area contributed by atoms with Crippen molar-refractivity contribution in [2.45, 2.75) is 12.3 Å². The zero-order chi connectivity index (χ0) is 19.7. The fraction of sp³-hybridized carbons (Fsp3) is 0.478. The zero-order valence-corrected chi connectivity index (χ0v) is 16.7. The van der Waals surface area contributed by atoms with Gasteiger partial charge >= 0.3 is 0 Å². The van der Waals surface area contributed by atoms with Gasteiger partial charge in [0.2, 0.25) is 5.79 Å². The number of anilines is 1. The summed E-state index contributed by atoms with van der Waals surface area (Å²) in [5.74, 6) is -0.765. The number of benzene rings is 2. The largest absolute Gasteiger partial charge is 0.369 e. The van der Waals surface area contributed by atoms with E-state index in [2.05, 4.69) is 39.0 Å². The van der Waals surface area contributed by atoms with Crippen LogP contribution in [0.1, 0.15) is 11.1 Å². The molecule has 0 amide bonds. The number of hydrogen-bond donors (Lipinski definition) is 0. The number of hydrogen-bond acceptors (Lipinski definition) is 5. The molecule has 0 unspecified atom stereocenters. The molecule has 2 aromatic carbocycles. The summed E-state index contributed by atoms with van der Waals surface area (Å²) in [5.41, 5.74) is 3.61. The third kappa shape index (κ3) is 3.90. The van der Waals surface area contributed by atoms with Crippen LogP contribution in [0, 0.1) is 5.82 Å². The predicted octanol–water partition coefficient (Wildman–Crippen LogP) is 2.66. The Hall–Kier alpha value is -1.99. The lowest BCUT2D eigenvalue weighted by Gasteiger charge is -2.41. The van der Waals surface area contributed by atoms with Crippen molar-refractivity contribution in [1.82, 2.24) is 9.80 Å². The van der Waals surface area contributed by atoms with Gasteiger partial charge in [-0.05, 0) is 29.8 Å². The Morgan fingerprint density at radius 2 is 1.52 bits per heavy atom. The molecule has 0 atom stereocenters. The first-order chi connectivity index (χ1) is 14.2. The summed E-state index contributed by atoms with van der Waals surface area (Å²) in [6, 6.07) is 15.3. The van der Waals surface area contributed by atoms with Crippen LogP contribution in [-0.2, 0) is 21.8 Å². The average molecular weight is 397 g/mol. The van der Waals surface area contributed by atoms with Crippen molar-refractivity contribution in [3.8, 4) is 0 Å². The SMILES string of the molecule is Fc1ccc(N2CCN(CCN3Cc4ccccc4C4(C3)OCCO4)CC2)cc1. The highest BCUT2D eigenvalue weighted by molar-refractivity contribution is 5.46. The lowest BCUT2D eigenvalue weighted by molar-refractivity contribution is -0.187. The zero-order valence-electron chi connectivity index (χ0n) is 16.7. The lowest BCUT2D eigenvalue weighted by atomic mass is 9.94. The van der Waals surface area contributed by atoms with Crippen molar-refractivity contribution in [3.05, 3.63) is 65.5 Å². The van der Waals surface area contributed by atoms with Crippen LogP contribution in [0.5, 0.6) is 0 Å². The van der Waals surface area contributed by atoms with Crippen LogP contribution in [0.4, 0.5) is 10.1 Å². The van der Waals surface area contributed by atoms with E-state index >= 15 is 0 Å². The third-order valence-corrected chi connectivity index (χ3v) is 6.30. The molecule has 0 saturated carbocycles. The van der Waals surface area contributed by atoms with E-state index in [9.17, 15) is 4.39 Å². The van der Waals surface area contributed by atoms with Gasteiger partial charge in [-0.25, -0.2) is 4.39 Å². The molecular weight excluding hydrogens is 369 g/mol. The molecule has 2 aromatic rings. The highest BCUT2D eigenvalue weighted by Crippen LogP contribution is 2.38. The second kappa shape index (κ2) is 8.03. The Labute approximate surface area is 171 Å². The van der Waals surface area contributed by atoms with Crippen molar-refractivity contribution >= 4 is 5.69 Å². The molecule has 5 rings (SSSR count). The van der Waals surface area contributed by atoms with Gasteiger partial charge < -0.3 is 14.4 Å². The van der Waals surface area contributed by atoms with Crippen LogP contribution in [0.2, 0.25) is 0 Å². The summed E-state index contributed by atoms with van der Waals surface area (Å²) >= 11 is 0. The van der Waals surface area contributed by atoms with Crippen LogP contribution in [0.25, 0.3) is 0 Å². The summed E-state index contributed by atoms with van der Waals surface area (Å²) in [4.78, 5) is 7.31. The number of nitrogens with zero attached hydrogens (tertiary/aromatic N) is 3. The van der Waals surface area contributed by atoms with Gasteiger partial charge in [-0.3, -0.25) is 9.80 Å². The van der Waals surface area contributed by atoms with E-state index in [1.165, 1.54) is 11.1 Å². The molecule has 0 N–H and O–H groups in total. The van der Waals surface area contributed by atoms with Gasteiger partial charge in [-0.15, -0.1) is 0 Å². The first kappa shape index (κ1) is 19.0. The highest BCUT2D eigenvalue weighted by Gasteiger charge is 2.44. The van der Waals surface area contributed by atoms with Crippen molar-refractivity contribution < 1.29 is 13.9 Å². The fourth-order valence-corrected chi connectivity index (χ4v) is 4.73. The predicted molar refractivity (Wildman–Crippen MR) is 110 cm³/mol. The molecule has 0 bridgehead atoms. The van der Waals surface area contributed by atoms with Crippen molar-refractivity contribution in [3.63, 3.8) is 0 Å². The number of fused-ring (bicyclic) bond motifs is 2. The molecule has 2 saturated heterocycles. The summed E-state index contributed by atoms with van der Waals surface area (Å²) in [6.45, 7) is 9.10. The van der Waals surface area contributed by atoms with Crippen molar-refractivity contribution in [1.29, 1.82) is 0 Å². The molecule has 154 valence electrons. The fourth-order valence-electron chi connectivity index (χ4n) is 4.73. The monoisotopic (exact) mass is 397 g/mol. The lowest BCUT2D eigenvalue weighted by Crippen LogP contribution is -2.51. The molecule has 2 fully saturated rings. The molecule has 1 spiro atoms. The molecule has 0 radical (unpaired) electrons. The Morgan fingerprint density at radius 1 is 0.828 bits per heavy atom. The Morgan fingerprint density at radius 3 is 2.28 bits per heavy atom. The van der Waals surface area contributed by atoms with Crippen LogP contribution in [-0.4, -0.2) is 68.8 Å².